The quantitative estimate of drug-likeness (QED) is 0.827. The number of anilines is 1. The van der Waals surface area contributed by atoms with E-state index in [2.05, 4.69) is 10.3 Å². The van der Waals surface area contributed by atoms with Crippen molar-refractivity contribution in [3.8, 4) is 0 Å². The lowest BCUT2D eigenvalue weighted by Gasteiger charge is -2.09. The zero-order chi connectivity index (χ0) is 11.0. The SMILES string of the molecule is Clc1ccc2c(c1)SC(c1ccncc1)N2. The lowest BCUT2D eigenvalue weighted by molar-refractivity contribution is 1.11. The van der Waals surface area contributed by atoms with Crippen LogP contribution in [0.25, 0.3) is 0 Å². The number of thioether (sulfide) groups is 1. The van der Waals surface area contributed by atoms with Gasteiger partial charge in [0.05, 0.1) is 0 Å². The molecule has 2 heterocycles. The molecule has 1 aromatic carbocycles. The van der Waals surface area contributed by atoms with Crippen molar-refractivity contribution in [3.63, 3.8) is 0 Å². The molecule has 0 radical (unpaired) electrons. The van der Waals surface area contributed by atoms with Crippen molar-refractivity contribution in [1.82, 2.24) is 4.98 Å². The molecule has 1 unspecified atom stereocenters. The van der Waals surface area contributed by atoms with Crippen LogP contribution in [0, 0.1) is 0 Å². The summed E-state index contributed by atoms with van der Waals surface area (Å²) in [7, 11) is 0. The number of nitrogens with one attached hydrogen (secondary N) is 1. The van der Waals surface area contributed by atoms with Crippen LogP contribution in [0.2, 0.25) is 5.02 Å². The third-order valence-corrected chi connectivity index (χ3v) is 3.94. The Kier molecular flexibility index (Phi) is 2.50. The minimum Gasteiger partial charge on any atom is -0.368 e. The molecular weight excluding hydrogens is 240 g/mol. The van der Waals surface area contributed by atoms with Crippen LogP contribution in [-0.4, -0.2) is 4.98 Å². The van der Waals surface area contributed by atoms with Crippen molar-refractivity contribution >= 4 is 29.1 Å². The highest BCUT2D eigenvalue weighted by molar-refractivity contribution is 8.00. The van der Waals surface area contributed by atoms with Gasteiger partial charge in [-0.05, 0) is 35.9 Å². The minimum absolute atomic E-state index is 0.261. The van der Waals surface area contributed by atoms with Crippen LogP contribution in [0.4, 0.5) is 5.69 Å². The minimum atomic E-state index is 0.261. The summed E-state index contributed by atoms with van der Waals surface area (Å²) in [4.78, 5) is 5.22. The van der Waals surface area contributed by atoms with Crippen molar-refractivity contribution in [2.24, 2.45) is 0 Å². The molecule has 3 rings (SSSR count). The summed E-state index contributed by atoms with van der Waals surface area (Å²) in [5, 5.41) is 4.50. The number of pyridine rings is 1. The van der Waals surface area contributed by atoms with Gasteiger partial charge in [-0.2, -0.15) is 0 Å². The van der Waals surface area contributed by atoms with Crippen LogP contribution in [0.3, 0.4) is 0 Å². The molecule has 80 valence electrons. The van der Waals surface area contributed by atoms with E-state index in [9.17, 15) is 0 Å². The molecule has 0 amide bonds. The number of hydrogen-bond donors (Lipinski definition) is 1. The van der Waals surface area contributed by atoms with E-state index in [4.69, 9.17) is 11.6 Å². The van der Waals surface area contributed by atoms with E-state index in [0.29, 0.717) is 0 Å². The molecule has 1 atom stereocenters. The van der Waals surface area contributed by atoms with Crippen molar-refractivity contribution in [2.75, 3.05) is 5.32 Å². The zero-order valence-corrected chi connectivity index (χ0v) is 9.92. The fraction of sp³-hybridized carbons (Fsp3) is 0.0833. The predicted molar refractivity (Wildman–Crippen MR) is 67.9 cm³/mol. The summed E-state index contributed by atoms with van der Waals surface area (Å²) in [6, 6.07) is 9.97. The van der Waals surface area contributed by atoms with Gasteiger partial charge in [0.25, 0.3) is 0 Å². The maximum absolute atomic E-state index is 5.97. The fourth-order valence-corrected chi connectivity index (χ4v) is 3.12. The Morgan fingerprint density at radius 2 is 2.00 bits per heavy atom. The number of nitrogens with zero attached hydrogens (tertiary/aromatic N) is 1. The first kappa shape index (κ1) is 10.00. The van der Waals surface area contributed by atoms with Crippen molar-refractivity contribution in [2.45, 2.75) is 10.3 Å². The molecule has 2 nitrogen and oxygen atoms in total. The molecular formula is C12H9ClN2S. The Balaban J connectivity index is 1.91. The molecule has 1 aliphatic heterocycles. The Morgan fingerprint density at radius 3 is 2.81 bits per heavy atom. The number of aromatic nitrogens is 1. The van der Waals surface area contributed by atoms with E-state index >= 15 is 0 Å². The third kappa shape index (κ3) is 1.77. The van der Waals surface area contributed by atoms with Crippen molar-refractivity contribution in [1.29, 1.82) is 0 Å². The summed E-state index contributed by atoms with van der Waals surface area (Å²) in [6.45, 7) is 0. The van der Waals surface area contributed by atoms with Gasteiger partial charge in [-0.3, -0.25) is 4.98 Å². The first-order valence-corrected chi connectivity index (χ1v) is 6.21. The monoisotopic (exact) mass is 248 g/mol. The second-order valence-corrected chi connectivity index (χ2v) is 5.15. The molecule has 0 saturated carbocycles. The van der Waals surface area contributed by atoms with E-state index in [0.717, 1.165) is 10.7 Å². The molecule has 0 spiro atoms. The summed E-state index contributed by atoms with van der Waals surface area (Å²) in [6.07, 6.45) is 3.63. The van der Waals surface area contributed by atoms with Crippen LogP contribution < -0.4 is 5.32 Å². The molecule has 1 aromatic heterocycles. The molecule has 0 fully saturated rings. The highest BCUT2D eigenvalue weighted by Gasteiger charge is 2.22. The summed E-state index contributed by atoms with van der Waals surface area (Å²) in [5.74, 6) is 0. The van der Waals surface area contributed by atoms with Crippen LogP contribution in [0.5, 0.6) is 0 Å². The first-order valence-electron chi connectivity index (χ1n) is 4.95. The standard InChI is InChI=1S/C12H9ClN2S/c13-9-1-2-10-11(7-9)16-12(15-10)8-3-5-14-6-4-8/h1-7,12,15H. The Morgan fingerprint density at radius 1 is 1.19 bits per heavy atom. The number of fused-ring (bicyclic) bond motifs is 1. The molecule has 0 saturated heterocycles. The molecule has 1 aliphatic rings. The second-order valence-electron chi connectivity index (χ2n) is 3.56. The maximum atomic E-state index is 5.97. The van der Waals surface area contributed by atoms with Crippen LogP contribution in [-0.2, 0) is 0 Å². The number of hydrogen-bond acceptors (Lipinski definition) is 3. The van der Waals surface area contributed by atoms with Crippen molar-refractivity contribution < 1.29 is 0 Å². The molecule has 16 heavy (non-hydrogen) atoms. The lowest BCUT2D eigenvalue weighted by Crippen LogP contribution is -2.00. The van der Waals surface area contributed by atoms with E-state index in [1.165, 1.54) is 10.5 Å². The van der Waals surface area contributed by atoms with Gasteiger partial charge >= 0.3 is 0 Å². The van der Waals surface area contributed by atoms with Crippen LogP contribution >= 0.6 is 23.4 Å². The van der Waals surface area contributed by atoms with Crippen LogP contribution in [0.1, 0.15) is 10.9 Å². The second kappa shape index (κ2) is 4.00. The largest absolute Gasteiger partial charge is 0.368 e. The number of rotatable bonds is 1. The van der Waals surface area contributed by atoms with Gasteiger partial charge in [-0.1, -0.05) is 23.4 Å². The highest BCUT2D eigenvalue weighted by atomic mass is 35.5. The van der Waals surface area contributed by atoms with Gasteiger partial charge < -0.3 is 5.32 Å². The van der Waals surface area contributed by atoms with E-state index in [1.807, 2.05) is 42.7 Å². The van der Waals surface area contributed by atoms with E-state index in [-0.39, 0.29) is 5.37 Å². The summed E-state index contributed by atoms with van der Waals surface area (Å²) in [5.41, 5.74) is 2.38. The lowest BCUT2D eigenvalue weighted by atomic mass is 10.2. The average Bonchev–Trinajstić information content (AvgIpc) is 2.73. The van der Waals surface area contributed by atoms with Gasteiger partial charge in [-0.25, -0.2) is 0 Å². The highest BCUT2D eigenvalue weighted by Crippen LogP contribution is 2.46. The smallest absolute Gasteiger partial charge is 0.103 e. The number of halogens is 1. The number of benzene rings is 1. The van der Waals surface area contributed by atoms with Crippen molar-refractivity contribution in [3.05, 3.63) is 53.3 Å². The van der Waals surface area contributed by atoms with Gasteiger partial charge in [0.2, 0.25) is 0 Å². The summed E-state index contributed by atoms with van der Waals surface area (Å²) < 4.78 is 0. The van der Waals surface area contributed by atoms with Gasteiger partial charge in [0.15, 0.2) is 0 Å². The Hall–Kier alpha value is -1.19. The third-order valence-electron chi connectivity index (χ3n) is 2.48. The van der Waals surface area contributed by atoms with E-state index in [1.54, 1.807) is 11.8 Å². The van der Waals surface area contributed by atoms with E-state index < -0.39 is 0 Å². The topological polar surface area (TPSA) is 24.9 Å². The molecule has 0 bridgehead atoms. The fourth-order valence-electron chi connectivity index (χ4n) is 1.70. The molecule has 1 N–H and O–H groups in total. The molecule has 2 aromatic rings. The Labute approximate surface area is 103 Å². The maximum Gasteiger partial charge on any atom is 0.103 e. The average molecular weight is 249 g/mol. The molecule has 4 heteroatoms. The first-order chi connectivity index (χ1) is 7.83. The van der Waals surface area contributed by atoms with Gasteiger partial charge in [0, 0.05) is 28.0 Å². The van der Waals surface area contributed by atoms with Gasteiger partial charge in [-0.15, -0.1) is 0 Å². The normalized spacial score (nSPS) is 17.9. The zero-order valence-electron chi connectivity index (χ0n) is 8.35. The Bertz CT molecular complexity index is 516. The van der Waals surface area contributed by atoms with Crippen LogP contribution in [0.15, 0.2) is 47.6 Å². The predicted octanol–water partition coefficient (Wildman–Crippen LogP) is 3.95. The summed E-state index contributed by atoms with van der Waals surface area (Å²) >= 11 is 7.75. The molecule has 0 aliphatic carbocycles. The van der Waals surface area contributed by atoms with Gasteiger partial charge in [0.1, 0.15) is 5.37 Å².